The van der Waals surface area contributed by atoms with E-state index in [1.54, 1.807) is 0 Å². The standard InChI is InChI=1S/C74H102N4O8/c1-71(2)59-55-47-35-36-48(75-47)56(60-64(72(60,3)4)68(80)84-44-32-28-24-20-16-12-9-11-15-19-23-27-31-43-83-67(79)63(59)71)53-41-42-54(78-53)58-50-38-37-49(76-50)57(52-40-39-51(55)77-52)61-65(73(61,5)6)69(81)85-45-33-29-25-21-17-13-10-14-18-22-26-30-34-46-86-70(82)66-62(58)74(66,7)8/h35-42,59-66,77-78H,9-34,43-46H2,1-8H3/t59?,60?,61?,62?,63-,64-,65-,66-/m0/s1. The third-order valence-corrected chi connectivity index (χ3v) is 22.0. The van der Waals surface area contributed by atoms with Gasteiger partial charge >= 0.3 is 23.9 Å². The molecule has 86 heavy (non-hydrogen) atoms. The molecule has 7 heterocycles. The van der Waals surface area contributed by atoms with E-state index in [0.29, 0.717) is 26.4 Å². The number of carbonyl (C=O) groups is 4. The second kappa shape index (κ2) is 26.3. The Kier molecular flexibility index (Phi) is 19.0. The Morgan fingerprint density at radius 3 is 0.651 bits per heavy atom. The molecule has 0 aromatic carbocycles. The molecule has 8 atom stereocenters. The predicted octanol–water partition coefficient (Wildman–Crippen LogP) is 18.0. The summed E-state index contributed by atoms with van der Waals surface area (Å²) in [5.74, 6) is -3.21. The number of hydrogen-bond acceptors (Lipinski definition) is 10. The SMILES string of the molecule is CC1(C)C2c3c4nc(c(c5ccc([nH]5)c5c6nc(c(c7ccc3[nH]7)C3[C@@H](C(=O)OCCCCCCCCCCCCCCCOC(=O)[C@@H]7C5C7(C)C)C3(C)C)C=C6)C3[C@@H](C(=O)OCCCCCCCCCCCCCCCOC(=O)[C@H]21)C3(C)C)C=C4. The molecule has 4 saturated carbocycles. The molecular formula is C74H102N4O8. The van der Waals surface area contributed by atoms with Crippen molar-refractivity contribution in [2.24, 2.45) is 45.3 Å². The molecule has 8 aliphatic rings. The van der Waals surface area contributed by atoms with Gasteiger partial charge in [0, 0.05) is 68.0 Å². The van der Waals surface area contributed by atoms with Gasteiger partial charge in [0.05, 0.1) is 72.9 Å². The topological polar surface area (TPSA) is 163 Å². The first-order valence-electron chi connectivity index (χ1n) is 34.3. The second-order valence-corrected chi connectivity index (χ2v) is 29.6. The van der Waals surface area contributed by atoms with E-state index in [-0.39, 0.29) is 47.5 Å². The molecule has 11 rings (SSSR count). The number of aromatic amines is 2. The van der Waals surface area contributed by atoms with E-state index in [1.807, 2.05) is 0 Å². The van der Waals surface area contributed by atoms with Crippen LogP contribution in [0.15, 0.2) is 24.3 Å². The fourth-order valence-corrected chi connectivity index (χ4v) is 16.4. The van der Waals surface area contributed by atoms with E-state index in [0.717, 1.165) is 144 Å². The van der Waals surface area contributed by atoms with Crippen LogP contribution in [-0.2, 0) is 38.1 Å². The Morgan fingerprint density at radius 1 is 0.291 bits per heavy atom. The van der Waals surface area contributed by atoms with Crippen molar-refractivity contribution in [2.75, 3.05) is 26.4 Å². The Labute approximate surface area is 513 Å². The minimum Gasteiger partial charge on any atom is -0.465 e. The van der Waals surface area contributed by atoms with Crippen LogP contribution in [0.5, 0.6) is 0 Å². The Bertz CT molecular complexity index is 2800. The summed E-state index contributed by atoms with van der Waals surface area (Å²) in [7, 11) is 0. The Balaban J connectivity index is 1.07. The number of H-pyrrole nitrogens is 2. The molecule has 4 aliphatic heterocycles. The van der Waals surface area contributed by atoms with Crippen molar-refractivity contribution < 1.29 is 38.1 Å². The van der Waals surface area contributed by atoms with Crippen LogP contribution in [0.4, 0.5) is 0 Å². The monoisotopic (exact) mass is 1170 g/mol. The van der Waals surface area contributed by atoms with Crippen LogP contribution < -0.4 is 0 Å². The van der Waals surface area contributed by atoms with E-state index in [2.05, 4.69) is 114 Å². The van der Waals surface area contributed by atoms with Gasteiger partial charge in [-0.3, -0.25) is 19.2 Å². The third kappa shape index (κ3) is 13.0. The molecule has 12 bridgehead atoms. The fraction of sp³-hybridized carbons (Fsp3) is 0.676. The van der Waals surface area contributed by atoms with Crippen LogP contribution in [0, 0.1) is 45.3 Å². The van der Waals surface area contributed by atoms with Gasteiger partial charge in [0.25, 0.3) is 0 Å². The van der Waals surface area contributed by atoms with Crippen LogP contribution in [0.3, 0.4) is 0 Å². The number of aromatic nitrogens is 4. The number of rotatable bonds is 0. The normalized spacial score (nSPS) is 29.7. The summed E-state index contributed by atoms with van der Waals surface area (Å²) in [6.45, 7) is 19.0. The third-order valence-electron chi connectivity index (χ3n) is 22.0. The molecule has 3 aromatic rings. The summed E-state index contributed by atoms with van der Waals surface area (Å²) >= 11 is 0. The van der Waals surface area contributed by atoms with E-state index in [9.17, 15) is 19.2 Å². The zero-order valence-corrected chi connectivity index (χ0v) is 53.6. The van der Waals surface area contributed by atoms with E-state index >= 15 is 0 Å². The van der Waals surface area contributed by atoms with Crippen LogP contribution >= 0.6 is 0 Å². The zero-order chi connectivity index (χ0) is 60.4. The average molecular weight is 1180 g/mol. The first-order chi connectivity index (χ1) is 41.5. The number of cyclic esters (lactones) is 4. The molecular weight excluding hydrogens is 1070 g/mol. The molecule has 2 N–H and O–H groups in total. The zero-order valence-electron chi connectivity index (χ0n) is 53.6. The lowest BCUT2D eigenvalue weighted by atomic mass is 10.0. The summed E-state index contributed by atoms with van der Waals surface area (Å²) in [4.78, 5) is 77.0. The number of nitrogens with one attached hydrogen (secondary N) is 2. The van der Waals surface area contributed by atoms with Crippen LogP contribution in [0.25, 0.3) is 46.4 Å². The van der Waals surface area contributed by atoms with E-state index < -0.39 is 45.3 Å². The van der Waals surface area contributed by atoms with Gasteiger partial charge in [0.2, 0.25) is 0 Å². The average Bonchev–Trinajstić information content (AvgIpc) is 1.58. The number of carbonyl (C=O) groups excluding carboxylic acids is 4. The molecule has 4 aliphatic carbocycles. The van der Waals surface area contributed by atoms with Gasteiger partial charge in [-0.2, -0.15) is 0 Å². The molecule has 466 valence electrons. The number of esters is 4. The molecule has 12 nitrogen and oxygen atoms in total. The quantitative estimate of drug-likeness (QED) is 0.113. The van der Waals surface area contributed by atoms with Gasteiger partial charge in [-0.25, -0.2) is 9.97 Å². The molecule has 4 fully saturated rings. The molecule has 12 heteroatoms. The minimum absolute atomic E-state index is 0.173. The minimum atomic E-state index is -0.449. The smallest absolute Gasteiger partial charge is 0.310 e. The predicted molar refractivity (Wildman–Crippen MR) is 343 cm³/mol. The first kappa shape index (κ1) is 62.1. The van der Waals surface area contributed by atoms with Crippen molar-refractivity contribution in [3.8, 4) is 0 Å². The van der Waals surface area contributed by atoms with Crippen LogP contribution in [-0.4, -0.2) is 70.2 Å². The Morgan fingerprint density at radius 2 is 0.465 bits per heavy atom. The Hall–Kier alpha value is -5.52. The van der Waals surface area contributed by atoms with Gasteiger partial charge in [-0.15, -0.1) is 0 Å². The molecule has 4 unspecified atom stereocenters. The van der Waals surface area contributed by atoms with Gasteiger partial charge in [-0.1, -0.05) is 197 Å². The van der Waals surface area contributed by atoms with Crippen LogP contribution in [0.1, 0.15) is 291 Å². The lowest BCUT2D eigenvalue weighted by molar-refractivity contribution is -0.147. The first-order valence-corrected chi connectivity index (χ1v) is 34.3. The maximum absolute atomic E-state index is 14.5. The van der Waals surface area contributed by atoms with Gasteiger partial charge in [-0.05, 0) is 95.9 Å². The van der Waals surface area contributed by atoms with Crippen molar-refractivity contribution in [1.82, 2.24) is 19.9 Å². The summed E-state index contributed by atoms with van der Waals surface area (Å²) in [6, 6.07) is 8.47. The molecule has 3 aromatic heterocycles. The highest BCUT2D eigenvalue weighted by molar-refractivity contribution is 5.91. The van der Waals surface area contributed by atoms with Crippen molar-refractivity contribution in [2.45, 2.75) is 246 Å². The molecule has 0 radical (unpaired) electrons. The van der Waals surface area contributed by atoms with E-state index in [4.69, 9.17) is 28.9 Å². The largest absolute Gasteiger partial charge is 0.465 e. The van der Waals surface area contributed by atoms with E-state index in [1.165, 1.54) is 89.9 Å². The summed E-state index contributed by atoms with van der Waals surface area (Å²) in [5.41, 5.74) is 8.31. The van der Waals surface area contributed by atoms with Crippen molar-refractivity contribution in [3.63, 3.8) is 0 Å². The highest BCUT2D eigenvalue weighted by Crippen LogP contribution is 2.70. The lowest BCUT2D eigenvalue weighted by Crippen LogP contribution is -2.11. The lowest BCUT2D eigenvalue weighted by Gasteiger charge is -2.08. The van der Waals surface area contributed by atoms with Gasteiger partial charge in [0.15, 0.2) is 0 Å². The van der Waals surface area contributed by atoms with Gasteiger partial charge < -0.3 is 28.9 Å². The molecule has 0 saturated heterocycles. The number of ether oxygens (including phenoxy) is 4. The maximum atomic E-state index is 14.5. The highest BCUT2D eigenvalue weighted by Gasteiger charge is 2.68. The highest BCUT2D eigenvalue weighted by atomic mass is 16.5. The van der Waals surface area contributed by atoms with Crippen molar-refractivity contribution in [3.05, 3.63) is 69.3 Å². The summed E-state index contributed by atoms with van der Waals surface area (Å²) < 4.78 is 24.8. The molecule has 0 amide bonds. The second-order valence-electron chi connectivity index (χ2n) is 29.6. The number of hydrogen-bond donors (Lipinski definition) is 2. The van der Waals surface area contributed by atoms with Crippen molar-refractivity contribution >= 4 is 70.2 Å². The molecule has 0 spiro atoms. The van der Waals surface area contributed by atoms with Crippen molar-refractivity contribution in [1.29, 1.82) is 0 Å². The van der Waals surface area contributed by atoms with Crippen LogP contribution in [0.2, 0.25) is 0 Å². The number of fused-ring (bicyclic) bond motifs is 16. The summed E-state index contributed by atoms with van der Waals surface area (Å²) in [5, 5.41) is 0. The maximum Gasteiger partial charge on any atom is 0.310 e. The fourth-order valence-electron chi connectivity index (χ4n) is 16.4. The summed E-state index contributed by atoms with van der Waals surface area (Å²) in [6.07, 6.45) is 38.0. The number of nitrogens with zero attached hydrogens (tertiary/aromatic N) is 2. The van der Waals surface area contributed by atoms with Gasteiger partial charge in [0.1, 0.15) is 0 Å².